The number of nitrogens with one attached hydrogen (secondary N) is 3. The lowest BCUT2D eigenvalue weighted by Gasteiger charge is -2.10. The highest BCUT2D eigenvalue weighted by Gasteiger charge is 2.09. The summed E-state index contributed by atoms with van der Waals surface area (Å²) in [6.07, 6.45) is 1.59. The van der Waals surface area contributed by atoms with E-state index < -0.39 is 0 Å². The van der Waals surface area contributed by atoms with Crippen molar-refractivity contribution in [3.63, 3.8) is 0 Å². The van der Waals surface area contributed by atoms with Crippen molar-refractivity contribution in [1.82, 2.24) is 10.6 Å². The van der Waals surface area contributed by atoms with E-state index in [0.29, 0.717) is 18.5 Å². The van der Waals surface area contributed by atoms with Crippen LogP contribution in [-0.4, -0.2) is 30.8 Å². The molecule has 0 saturated carbocycles. The molecule has 1 heterocycles. The number of hydrogen-bond donors (Lipinski definition) is 3. The molecule has 0 atom stereocenters. The first-order valence-electron chi connectivity index (χ1n) is 8.55. The maximum absolute atomic E-state index is 12.0. The smallest absolute Gasteiger partial charge is 0.252 e. The second-order valence-electron chi connectivity index (χ2n) is 5.71. The Balaban J connectivity index is 1.62. The van der Waals surface area contributed by atoms with Gasteiger partial charge in [0.2, 0.25) is 11.8 Å². The Morgan fingerprint density at radius 2 is 1.85 bits per heavy atom. The summed E-state index contributed by atoms with van der Waals surface area (Å²) >= 11 is 1.46. The Bertz CT molecular complexity index is 744. The summed E-state index contributed by atoms with van der Waals surface area (Å²) in [4.78, 5) is 35.5. The van der Waals surface area contributed by atoms with Crippen LogP contribution in [0.1, 0.15) is 35.7 Å². The highest BCUT2D eigenvalue weighted by molar-refractivity contribution is 7.08. The van der Waals surface area contributed by atoms with Gasteiger partial charge >= 0.3 is 0 Å². The van der Waals surface area contributed by atoms with Crippen molar-refractivity contribution in [1.29, 1.82) is 0 Å². The van der Waals surface area contributed by atoms with Gasteiger partial charge in [0.05, 0.1) is 6.54 Å². The van der Waals surface area contributed by atoms with E-state index in [2.05, 4.69) is 16.0 Å². The molecule has 0 aliphatic rings. The molecule has 0 fully saturated rings. The van der Waals surface area contributed by atoms with E-state index in [1.165, 1.54) is 11.3 Å². The summed E-state index contributed by atoms with van der Waals surface area (Å²) in [5, 5.41) is 11.8. The van der Waals surface area contributed by atoms with E-state index >= 15 is 0 Å². The minimum Gasteiger partial charge on any atom is -0.352 e. The van der Waals surface area contributed by atoms with Crippen molar-refractivity contribution in [2.45, 2.75) is 26.2 Å². The molecule has 1 aromatic heterocycles. The van der Waals surface area contributed by atoms with Crippen LogP contribution >= 0.6 is 11.3 Å². The minimum atomic E-state index is -0.259. The zero-order valence-electron chi connectivity index (χ0n) is 14.7. The van der Waals surface area contributed by atoms with Crippen LogP contribution in [0.3, 0.4) is 0 Å². The van der Waals surface area contributed by atoms with Crippen LogP contribution in [0.15, 0.2) is 41.1 Å². The molecule has 3 N–H and O–H groups in total. The molecule has 0 aliphatic carbocycles. The summed E-state index contributed by atoms with van der Waals surface area (Å²) in [6, 6.07) is 9.33. The number of thiophene rings is 1. The fraction of sp³-hybridized carbons (Fsp3) is 0.316. The first-order chi connectivity index (χ1) is 12.6. The molecule has 1 aromatic carbocycles. The van der Waals surface area contributed by atoms with Crippen LogP contribution in [-0.2, 0) is 16.0 Å². The fourth-order valence-corrected chi connectivity index (χ4v) is 2.99. The molecular formula is C19H23N3O3S. The molecule has 2 aromatic rings. The van der Waals surface area contributed by atoms with Gasteiger partial charge in [-0.3, -0.25) is 14.4 Å². The van der Waals surface area contributed by atoms with Crippen LogP contribution in [0.2, 0.25) is 0 Å². The van der Waals surface area contributed by atoms with Crippen LogP contribution in [0.4, 0.5) is 5.69 Å². The highest BCUT2D eigenvalue weighted by Crippen LogP contribution is 2.14. The molecule has 0 bridgehead atoms. The number of benzene rings is 1. The van der Waals surface area contributed by atoms with Gasteiger partial charge in [0.25, 0.3) is 5.91 Å². The number of amides is 3. The minimum absolute atomic E-state index is 0.0713. The van der Waals surface area contributed by atoms with Gasteiger partial charge in [-0.2, -0.15) is 11.3 Å². The Morgan fingerprint density at radius 1 is 1.04 bits per heavy atom. The lowest BCUT2D eigenvalue weighted by atomic mass is 10.1. The van der Waals surface area contributed by atoms with Gasteiger partial charge in [-0.05, 0) is 35.9 Å². The maximum atomic E-state index is 12.0. The van der Waals surface area contributed by atoms with Gasteiger partial charge in [-0.1, -0.05) is 25.1 Å². The van der Waals surface area contributed by atoms with Crippen LogP contribution < -0.4 is 16.0 Å². The van der Waals surface area contributed by atoms with E-state index in [0.717, 1.165) is 17.7 Å². The standard InChI is InChI=1S/C19H23N3O3S/c1-2-14-6-3-4-7-16(14)22-18(24)12-21-17(23)8-5-10-20-19(25)15-9-11-26-13-15/h3-4,6-7,9,11,13H,2,5,8,10,12H2,1H3,(H,20,25)(H,21,23)(H,22,24). The quantitative estimate of drug-likeness (QED) is 0.591. The normalized spacial score (nSPS) is 10.2. The molecule has 0 unspecified atom stereocenters. The zero-order valence-corrected chi connectivity index (χ0v) is 15.5. The number of hydrogen-bond acceptors (Lipinski definition) is 4. The van der Waals surface area contributed by atoms with Gasteiger partial charge < -0.3 is 16.0 Å². The number of anilines is 1. The van der Waals surface area contributed by atoms with Crippen molar-refractivity contribution in [2.75, 3.05) is 18.4 Å². The van der Waals surface area contributed by atoms with Gasteiger partial charge in [0.15, 0.2) is 0 Å². The van der Waals surface area contributed by atoms with Crippen molar-refractivity contribution in [3.8, 4) is 0 Å². The summed E-state index contributed by atoms with van der Waals surface area (Å²) in [5.74, 6) is -0.612. The molecule has 6 nitrogen and oxygen atoms in total. The van der Waals surface area contributed by atoms with E-state index in [4.69, 9.17) is 0 Å². The number of rotatable bonds is 9. The van der Waals surface area contributed by atoms with Gasteiger partial charge in [-0.25, -0.2) is 0 Å². The van der Waals surface area contributed by atoms with E-state index in [-0.39, 0.29) is 30.7 Å². The first-order valence-corrected chi connectivity index (χ1v) is 9.49. The summed E-state index contributed by atoms with van der Waals surface area (Å²) in [6.45, 7) is 2.36. The van der Waals surface area contributed by atoms with Crippen LogP contribution in [0, 0.1) is 0 Å². The van der Waals surface area contributed by atoms with Crippen LogP contribution in [0.5, 0.6) is 0 Å². The first kappa shape index (κ1) is 19.7. The lowest BCUT2D eigenvalue weighted by Crippen LogP contribution is -2.33. The van der Waals surface area contributed by atoms with E-state index in [1.807, 2.05) is 36.6 Å². The molecule has 26 heavy (non-hydrogen) atoms. The maximum Gasteiger partial charge on any atom is 0.252 e. The SMILES string of the molecule is CCc1ccccc1NC(=O)CNC(=O)CCCNC(=O)c1ccsc1. The summed E-state index contributed by atoms with van der Waals surface area (Å²) in [7, 11) is 0. The van der Waals surface area contributed by atoms with E-state index in [9.17, 15) is 14.4 Å². The van der Waals surface area contributed by atoms with E-state index in [1.54, 1.807) is 11.4 Å². The highest BCUT2D eigenvalue weighted by atomic mass is 32.1. The molecule has 7 heteroatoms. The van der Waals surface area contributed by atoms with Crippen molar-refractivity contribution in [2.24, 2.45) is 0 Å². The number of aryl methyl sites for hydroxylation is 1. The summed E-state index contributed by atoms with van der Waals surface area (Å²) in [5.41, 5.74) is 2.45. The molecule has 3 amide bonds. The Kier molecular flexibility index (Phi) is 7.82. The third-order valence-corrected chi connectivity index (χ3v) is 4.45. The molecular weight excluding hydrogens is 350 g/mol. The molecule has 0 saturated heterocycles. The monoisotopic (exact) mass is 373 g/mol. The molecule has 2 rings (SSSR count). The molecule has 0 aliphatic heterocycles. The third-order valence-electron chi connectivity index (χ3n) is 3.77. The Morgan fingerprint density at radius 3 is 2.58 bits per heavy atom. The second-order valence-corrected chi connectivity index (χ2v) is 6.49. The average Bonchev–Trinajstić information content (AvgIpc) is 3.18. The van der Waals surface area contributed by atoms with Gasteiger partial charge in [0, 0.05) is 29.6 Å². The van der Waals surface area contributed by atoms with Crippen molar-refractivity contribution < 1.29 is 14.4 Å². The number of carbonyl (C=O) groups is 3. The summed E-state index contributed by atoms with van der Waals surface area (Å²) < 4.78 is 0. The third kappa shape index (κ3) is 6.33. The van der Waals surface area contributed by atoms with Crippen molar-refractivity contribution in [3.05, 3.63) is 52.2 Å². The molecule has 138 valence electrons. The molecule has 0 spiro atoms. The van der Waals surface area contributed by atoms with Crippen molar-refractivity contribution >= 4 is 34.7 Å². The van der Waals surface area contributed by atoms with Crippen LogP contribution in [0.25, 0.3) is 0 Å². The largest absolute Gasteiger partial charge is 0.352 e. The topological polar surface area (TPSA) is 87.3 Å². The lowest BCUT2D eigenvalue weighted by molar-refractivity contribution is -0.124. The predicted molar refractivity (Wildman–Crippen MR) is 103 cm³/mol. The molecule has 0 radical (unpaired) electrons. The fourth-order valence-electron chi connectivity index (χ4n) is 2.36. The average molecular weight is 373 g/mol. The predicted octanol–water partition coefficient (Wildman–Crippen LogP) is 2.58. The number of carbonyl (C=O) groups excluding carboxylic acids is 3. The zero-order chi connectivity index (χ0) is 18.8. The number of para-hydroxylation sites is 1. The Labute approximate surface area is 157 Å². The Hall–Kier alpha value is -2.67. The van der Waals surface area contributed by atoms with Gasteiger partial charge in [0.1, 0.15) is 0 Å². The van der Waals surface area contributed by atoms with Gasteiger partial charge in [-0.15, -0.1) is 0 Å². The second kappa shape index (κ2) is 10.4.